The minimum atomic E-state index is -0.947. The molecule has 1 atom stereocenters. The Kier molecular flexibility index (Phi) is 4.76. The molecule has 0 aromatic heterocycles. The van der Waals surface area contributed by atoms with Crippen LogP contribution < -0.4 is 14.8 Å². The van der Waals surface area contributed by atoms with Crippen LogP contribution in [0.15, 0.2) is 36.4 Å². The smallest absolute Gasteiger partial charge is 0.311 e. The molecule has 0 spiro atoms. The number of hydrogen-bond donors (Lipinski definition) is 2. The molecule has 2 aromatic rings. The van der Waals surface area contributed by atoms with Crippen LogP contribution in [0.25, 0.3) is 0 Å². The Labute approximate surface area is 149 Å². The van der Waals surface area contributed by atoms with E-state index in [0.717, 1.165) is 0 Å². The highest BCUT2D eigenvalue weighted by Crippen LogP contribution is 2.39. The van der Waals surface area contributed by atoms with Gasteiger partial charge in [0.1, 0.15) is 23.3 Å². The van der Waals surface area contributed by atoms with Crippen molar-refractivity contribution >= 4 is 11.9 Å². The minimum Gasteiger partial charge on any atom is -0.493 e. The highest BCUT2D eigenvalue weighted by atomic mass is 16.5. The van der Waals surface area contributed by atoms with Crippen LogP contribution in [-0.2, 0) is 4.79 Å². The zero-order valence-electron chi connectivity index (χ0n) is 14.0. The van der Waals surface area contributed by atoms with E-state index in [2.05, 4.69) is 5.32 Å². The Morgan fingerprint density at radius 1 is 1.31 bits per heavy atom. The third kappa shape index (κ3) is 3.30. The van der Waals surface area contributed by atoms with Gasteiger partial charge in [-0.25, -0.2) is 0 Å². The van der Waals surface area contributed by atoms with Gasteiger partial charge in [0, 0.05) is 24.2 Å². The maximum Gasteiger partial charge on any atom is 0.311 e. The number of aliphatic carboxylic acids is 1. The number of carbonyl (C=O) groups excluding carboxylic acids is 1. The van der Waals surface area contributed by atoms with E-state index in [1.54, 1.807) is 31.3 Å². The molecule has 7 heteroatoms. The molecule has 0 aliphatic carbocycles. The standard InChI is InChI=1S/C19H16N2O5/c1-21-18(22)11-2-4-13(5-3-11)26-16-9-17-15(8-12(16)10-20)14(19(23)24)6-7-25-17/h2-5,8-9,14H,6-7H2,1H3,(H,21,22)(H,23,24). The molecule has 2 aromatic carbocycles. The van der Waals surface area contributed by atoms with E-state index < -0.39 is 11.9 Å². The number of nitrogens with zero attached hydrogens (tertiary/aromatic N) is 1. The lowest BCUT2D eigenvalue weighted by Crippen LogP contribution is -2.21. The van der Waals surface area contributed by atoms with E-state index in [1.807, 2.05) is 6.07 Å². The number of carbonyl (C=O) groups is 2. The normalized spacial score (nSPS) is 15.2. The molecule has 2 N–H and O–H groups in total. The second-order valence-corrected chi connectivity index (χ2v) is 5.73. The van der Waals surface area contributed by atoms with Gasteiger partial charge >= 0.3 is 5.97 Å². The maximum atomic E-state index is 11.6. The summed E-state index contributed by atoms with van der Waals surface area (Å²) >= 11 is 0. The Morgan fingerprint density at radius 2 is 2.04 bits per heavy atom. The van der Waals surface area contributed by atoms with Gasteiger partial charge in [0.15, 0.2) is 0 Å². The van der Waals surface area contributed by atoms with Gasteiger partial charge in [-0.3, -0.25) is 9.59 Å². The van der Waals surface area contributed by atoms with Gasteiger partial charge in [0.05, 0.1) is 18.1 Å². The molecule has 1 amide bonds. The van der Waals surface area contributed by atoms with Crippen molar-refractivity contribution in [2.45, 2.75) is 12.3 Å². The molecular formula is C19H16N2O5. The van der Waals surface area contributed by atoms with Crippen LogP contribution in [0.1, 0.15) is 33.8 Å². The summed E-state index contributed by atoms with van der Waals surface area (Å²) in [5.41, 5.74) is 1.18. The highest BCUT2D eigenvalue weighted by molar-refractivity contribution is 5.94. The van der Waals surface area contributed by atoms with Crippen molar-refractivity contribution in [3.8, 4) is 23.3 Å². The number of benzene rings is 2. The predicted molar refractivity (Wildman–Crippen MR) is 91.6 cm³/mol. The zero-order chi connectivity index (χ0) is 18.7. The molecule has 7 nitrogen and oxygen atoms in total. The third-order valence-corrected chi connectivity index (χ3v) is 4.14. The first-order valence-electron chi connectivity index (χ1n) is 7.97. The summed E-state index contributed by atoms with van der Waals surface area (Å²) in [7, 11) is 1.55. The van der Waals surface area contributed by atoms with Gasteiger partial charge in [0.2, 0.25) is 0 Å². The van der Waals surface area contributed by atoms with Crippen LogP contribution in [0.2, 0.25) is 0 Å². The molecule has 1 heterocycles. The Morgan fingerprint density at radius 3 is 2.65 bits per heavy atom. The number of carboxylic acids is 1. The average Bonchev–Trinajstić information content (AvgIpc) is 2.66. The number of nitrogens with one attached hydrogen (secondary N) is 1. The lowest BCUT2D eigenvalue weighted by Gasteiger charge is -2.24. The summed E-state index contributed by atoms with van der Waals surface area (Å²) in [6.45, 7) is 0.288. The predicted octanol–water partition coefficient (Wildman–Crippen LogP) is 2.66. The summed E-state index contributed by atoms with van der Waals surface area (Å²) in [4.78, 5) is 23.0. The molecule has 1 aliphatic rings. The van der Waals surface area contributed by atoms with Gasteiger partial charge in [0.25, 0.3) is 5.91 Å². The number of hydrogen-bond acceptors (Lipinski definition) is 5. The second kappa shape index (κ2) is 7.15. The van der Waals surface area contributed by atoms with E-state index in [4.69, 9.17) is 9.47 Å². The molecule has 132 valence electrons. The summed E-state index contributed by atoms with van der Waals surface area (Å²) in [6.07, 6.45) is 0.356. The SMILES string of the molecule is CNC(=O)c1ccc(Oc2cc3c(cc2C#N)C(C(=O)O)CCO3)cc1. The maximum absolute atomic E-state index is 11.6. The average molecular weight is 352 g/mol. The molecule has 1 unspecified atom stereocenters. The van der Waals surface area contributed by atoms with Gasteiger partial charge in [-0.2, -0.15) is 5.26 Å². The molecule has 0 radical (unpaired) electrons. The van der Waals surface area contributed by atoms with E-state index in [-0.39, 0.29) is 23.8 Å². The summed E-state index contributed by atoms with van der Waals surface area (Å²) < 4.78 is 11.3. The fourth-order valence-corrected chi connectivity index (χ4v) is 2.79. The largest absolute Gasteiger partial charge is 0.493 e. The van der Waals surface area contributed by atoms with Crippen LogP contribution in [-0.4, -0.2) is 30.6 Å². The van der Waals surface area contributed by atoms with Crippen molar-refractivity contribution in [1.29, 1.82) is 5.26 Å². The first-order chi connectivity index (χ1) is 12.5. The van der Waals surface area contributed by atoms with Gasteiger partial charge in [-0.05, 0) is 36.8 Å². The van der Waals surface area contributed by atoms with E-state index in [9.17, 15) is 20.0 Å². The van der Waals surface area contributed by atoms with E-state index in [0.29, 0.717) is 29.0 Å². The van der Waals surface area contributed by atoms with E-state index >= 15 is 0 Å². The van der Waals surface area contributed by atoms with Crippen LogP contribution >= 0.6 is 0 Å². The third-order valence-electron chi connectivity index (χ3n) is 4.14. The highest BCUT2D eigenvalue weighted by Gasteiger charge is 2.29. The van der Waals surface area contributed by atoms with Crippen molar-refractivity contribution in [1.82, 2.24) is 5.32 Å². The van der Waals surface area contributed by atoms with Crippen LogP contribution in [0.4, 0.5) is 0 Å². The van der Waals surface area contributed by atoms with Crippen molar-refractivity contribution in [3.05, 3.63) is 53.1 Å². The van der Waals surface area contributed by atoms with Crippen LogP contribution in [0, 0.1) is 11.3 Å². The lowest BCUT2D eigenvalue weighted by molar-refractivity contribution is -0.139. The number of rotatable bonds is 4. The summed E-state index contributed by atoms with van der Waals surface area (Å²) in [5.74, 6) is -0.746. The molecule has 0 bridgehead atoms. The van der Waals surface area contributed by atoms with Crippen molar-refractivity contribution < 1.29 is 24.2 Å². The van der Waals surface area contributed by atoms with Crippen molar-refractivity contribution in [3.63, 3.8) is 0 Å². The minimum absolute atomic E-state index is 0.212. The van der Waals surface area contributed by atoms with Crippen LogP contribution in [0.3, 0.4) is 0 Å². The fourth-order valence-electron chi connectivity index (χ4n) is 2.79. The molecule has 0 fully saturated rings. The number of amides is 1. The Balaban J connectivity index is 1.92. The molecular weight excluding hydrogens is 336 g/mol. The molecule has 1 aliphatic heterocycles. The second-order valence-electron chi connectivity index (χ2n) is 5.73. The quantitative estimate of drug-likeness (QED) is 0.876. The molecule has 0 saturated carbocycles. The monoisotopic (exact) mass is 352 g/mol. The van der Waals surface area contributed by atoms with Gasteiger partial charge in [-0.1, -0.05) is 0 Å². The van der Waals surface area contributed by atoms with Gasteiger partial charge < -0.3 is 19.9 Å². The Hall–Kier alpha value is -3.53. The topological polar surface area (TPSA) is 109 Å². The van der Waals surface area contributed by atoms with Crippen molar-refractivity contribution in [2.75, 3.05) is 13.7 Å². The summed E-state index contributed by atoms with van der Waals surface area (Å²) in [5, 5.41) is 21.3. The van der Waals surface area contributed by atoms with Crippen molar-refractivity contribution in [2.24, 2.45) is 0 Å². The van der Waals surface area contributed by atoms with Gasteiger partial charge in [-0.15, -0.1) is 0 Å². The Bertz CT molecular complexity index is 899. The zero-order valence-corrected chi connectivity index (χ0v) is 14.0. The molecule has 3 rings (SSSR count). The fraction of sp³-hybridized carbons (Fsp3) is 0.211. The molecule has 0 saturated heterocycles. The first kappa shape index (κ1) is 17.3. The number of ether oxygens (including phenoxy) is 2. The van der Waals surface area contributed by atoms with Crippen LogP contribution in [0.5, 0.6) is 17.2 Å². The lowest BCUT2D eigenvalue weighted by atomic mass is 9.91. The first-order valence-corrected chi connectivity index (χ1v) is 7.97. The molecule has 26 heavy (non-hydrogen) atoms. The number of carboxylic acid groups (broad SMARTS) is 1. The van der Waals surface area contributed by atoms with E-state index in [1.165, 1.54) is 12.1 Å². The number of fused-ring (bicyclic) bond motifs is 1. The summed E-state index contributed by atoms with van der Waals surface area (Å²) in [6, 6.07) is 11.5. The number of nitriles is 1.